The Kier molecular flexibility index (Phi) is 2.07. The minimum Gasteiger partial charge on any atom is -0.481 e. The highest BCUT2D eigenvalue weighted by atomic mass is 16.4. The molecule has 2 aliphatic carbocycles. The third-order valence-corrected chi connectivity index (χ3v) is 3.43. The van der Waals surface area contributed by atoms with E-state index in [1.54, 1.807) is 0 Å². The fraction of sp³-hybridized carbons (Fsp3) is 0.900. The Labute approximate surface area is 73.0 Å². The molecule has 2 saturated carbocycles. The van der Waals surface area contributed by atoms with Crippen LogP contribution in [0.1, 0.15) is 38.5 Å². The molecule has 0 aliphatic heterocycles. The zero-order valence-corrected chi connectivity index (χ0v) is 7.33. The van der Waals surface area contributed by atoms with Gasteiger partial charge in [0.15, 0.2) is 0 Å². The molecule has 68 valence electrons. The van der Waals surface area contributed by atoms with E-state index in [0.29, 0.717) is 0 Å². The van der Waals surface area contributed by atoms with Crippen LogP contribution in [0.5, 0.6) is 0 Å². The minimum absolute atomic E-state index is 0.0356. The largest absolute Gasteiger partial charge is 0.481 e. The molecule has 0 aromatic carbocycles. The first-order valence-corrected chi connectivity index (χ1v) is 5.00. The lowest BCUT2D eigenvalue weighted by atomic mass is 9.91. The van der Waals surface area contributed by atoms with Crippen LogP contribution in [-0.4, -0.2) is 11.1 Å². The molecule has 0 spiro atoms. The molecular weight excluding hydrogens is 152 g/mol. The second kappa shape index (κ2) is 3.08. The summed E-state index contributed by atoms with van der Waals surface area (Å²) in [6.45, 7) is 0. The lowest BCUT2D eigenvalue weighted by Crippen LogP contribution is -2.15. The molecule has 2 aliphatic rings. The van der Waals surface area contributed by atoms with E-state index >= 15 is 0 Å². The van der Waals surface area contributed by atoms with Gasteiger partial charge in [-0.1, -0.05) is 12.8 Å². The average molecular weight is 168 g/mol. The van der Waals surface area contributed by atoms with Crippen LogP contribution in [0.2, 0.25) is 0 Å². The third-order valence-electron chi connectivity index (χ3n) is 3.43. The van der Waals surface area contributed by atoms with Crippen molar-refractivity contribution < 1.29 is 9.90 Å². The molecule has 2 rings (SSSR count). The quantitative estimate of drug-likeness (QED) is 0.652. The maximum Gasteiger partial charge on any atom is 0.306 e. The number of carboxylic acid groups (broad SMARTS) is 1. The Balaban J connectivity index is 1.87. The molecule has 0 saturated heterocycles. The molecule has 0 heterocycles. The van der Waals surface area contributed by atoms with Gasteiger partial charge < -0.3 is 5.11 Å². The second-order valence-corrected chi connectivity index (χ2v) is 4.30. The maximum atomic E-state index is 10.7. The van der Waals surface area contributed by atoms with Crippen LogP contribution < -0.4 is 0 Å². The van der Waals surface area contributed by atoms with Gasteiger partial charge in [-0.05, 0) is 37.5 Å². The fourth-order valence-electron chi connectivity index (χ4n) is 2.45. The van der Waals surface area contributed by atoms with E-state index in [0.717, 1.165) is 31.1 Å². The monoisotopic (exact) mass is 168 g/mol. The molecule has 0 aromatic rings. The summed E-state index contributed by atoms with van der Waals surface area (Å²) in [5.74, 6) is 1.26. The molecule has 3 atom stereocenters. The van der Waals surface area contributed by atoms with Gasteiger partial charge in [0.25, 0.3) is 0 Å². The standard InChI is InChI=1S/C10H16O2/c11-10(12)7-2-1-3-8-6-9(8)5-4-7/h7-9H,1-6H2,(H,11,12)/t7-,8+,9-/m1/s1. The van der Waals surface area contributed by atoms with Crippen molar-refractivity contribution in [3.63, 3.8) is 0 Å². The van der Waals surface area contributed by atoms with E-state index in [-0.39, 0.29) is 5.92 Å². The smallest absolute Gasteiger partial charge is 0.306 e. The van der Waals surface area contributed by atoms with Crippen LogP contribution in [0.25, 0.3) is 0 Å². The Bertz CT molecular complexity index is 188. The predicted octanol–water partition coefficient (Wildman–Crippen LogP) is 2.29. The number of aliphatic carboxylic acids is 1. The molecule has 1 N–H and O–H groups in total. The maximum absolute atomic E-state index is 10.7. The number of hydrogen-bond acceptors (Lipinski definition) is 1. The van der Waals surface area contributed by atoms with Gasteiger partial charge in [-0.2, -0.15) is 0 Å². The highest BCUT2D eigenvalue weighted by Gasteiger charge is 2.38. The molecule has 0 bridgehead atoms. The molecule has 0 amide bonds. The fourth-order valence-corrected chi connectivity index (χ4v) is 2.45. The minimum atomic E-state index is -0.575. The van der Waals surface area contributed by atoms with Crippen molar-refractivity contribution in [1.29, 1.82) is 0 Å². The van der Waals surface area contributed by atoms with Crippen molar-refractivity contribution in [3.05, 3.63) is 0 Å². The zero-order valence-electron chi connectivity index (χ0n) is 7.33. The lowest BCUT2D eigenvalue weighted by molar-refractivity contribution is -0.142. The van der Waals surface area contributed by atoms with Crippen LogP contribution in [0, 0.1) is 17.8 Å². The van der Waals surface area contributed by atoms with Gasteiger partial charge in [0.1, 0.15) is 0 Å². The van der Waals surface area contributed by atoms with Crippen molar-refractivity contribution in [2.24, 2.45) is 17.8 Å². The Hall–Kier alpha value is -0.530. The van der Waals surface area contributed by atoms with Crippen molar-refractivity contribution in [2.45, 2.75) is 38.5 Å². The molecule has 0 radical (unpaired) electrons. The van der Waals surface area contributed by atoms with Gasteiger partial charge in [0.2, 0.25) is 0 Å². The zero-order chi connectivity index (χ0) is 8.55. The highest BCUT2D eigenvalue weighted by Crippen LogP contribution is 2.47. The Morgan fingerprint density at radius 1 is 1.08 bits per heavy atom. The molecule has 2 heteroatoms. The van der Waals surface area contributed by atoms with Crippen molar-refractivity contribution >= 4 is 5.97 Å². The van der Waals surface area contributed by atoms with E-state index in [1.165, 1.54) is 19.3 Å². The van der Waals surface area contributed by atoms with Crippen molar-refractivity contribution in [3.8, 4) is 0 Å². The Morgan fingerprint density at radius 2 is 1.83 bits per heavy atom. The van der Waals surface area contributed by atoms with Crippen LogP contribution >= 0.6 is 0 Å². The topological polar surface area (TPSA) is 37.3 Å². The summed E-state index contributed by atoms with van der Waals surface area (Å²) < 4.78 is 0. The number of carboxylic acids is 1. The number of fused-ring (bicyclic) bond motifs is 1. The van der Waals surface area contributed by atoms with Crippen molar-refractivity contribution in [1.82, 2.24) is 0 Å². The van der Waals surface area contributed by atoms with E-state index in [1.807, 2.05) is 0 Å². The molecule has 0 unspecified atom stereocenters. The average Bonchev–Trinajstić information content (AvgIpc) is 2.66. The number of carbonyl (C=O) groups is 1. The first-order chi connectivity index (χ1) is 5.77. The predicted molar refractivity (Wildman–Crippen MR) is 45.8 cm³/mol. The summed E-state index contributed by atoms with van der Waals surface area (Å²) in [5.41, 5.74) is 0. The van der Waals surface area contributed by atoms with Crippen LogP contribution in [0.15, 0.2) is 0 Å². The first kappa shape index (κ1) is 8.09. The summed E-state index contributed by atoms with van der Waals surface area (Å²) >= 11 is 0. The van der Waals surface area contributed by atoms with Gasteiger partial charge in [-0.15, -0.1) is 0 Å². The molecule has 12 heavy (non-hydrogen) atoms. The summed E-state index contributed by atoms with van der Waals surface area (Å²) in [4.78, 5) is 10.7. The highest BCUT2D eigenvalue weighted by molar-refractivity contribution is 5.69. The summed E-state index contributed by atoms with van der Waals surface area (Å²) in [6, 6.07) is 0. The van der Waals surface area contributed by atoms with Crippen molar-refractivity contribution in [2.75, 3.05) is 0 Å². The molecular formula is C10H16O2. The molecule has 2 nitrogen and oxygen atoms in total. The van der Waals surface area contributed by atoms with Gasteiger partial charge in [-0.25, -0.2) is 0 Å². The van der Waals surface area contributed by atoms with Crippen LogP contribution in [0.3, 0.4) is 0 Å². The Morgan fingerprint density at radius 3 is 2.58 bits per heavy atom. The number of rotatable bonds is 1. The molecule has 2 fully saturated rings. The van der Waals surface area contributed by atoms with E-state index in [9.17, 15) is 4.79 Å². The summed E-state index contributed by atoms with van der Waals surface area (Å²) in [7, 11) is 0. The summed E-state index contributed by atoms with van der Waals surface area (Å²) in [5, 5.41) is 8.85. The van der Waals surface area contributed by atoms with Gasteiger partial charge >= 0.3 is 5.97 Å². The molecule has 0 aromatic heterocycles. The van der Waals surface area contributed by atoms with E-state index in [2.05, 4.69) is 0 Å². The lowest BCUT2D eigenvalue weighted by Gasteiger charge is -2.14. The van der Waals surface area contributed by atoms with Crippen LogP contribution in [-0.2, 0) is 4.79 Å². The van der Waals surface area contributed by atoms with Crippen LogP contribution in [0.4, 0.5) is 0 Å². The number of hydrogen-bond donors (Lipinski definition) is 1. The third kappa shape index (κ3) is 1.62. The van der Waals surface area contributed by atoms with Gasteiger partial charge in [0, 0.05) is 0 Å². The van der Waals surface area contributed by atoms with E-state index < -0.39 is 5.97 Å². The SMILES string of the molecule is O=C(O)[C@@H]1CCC[C@H]2C[C@H]2CC1. The summed E-state index contributed by atoms with van der Waals surface area (Å²) in [6.07, 6.45) is 6.82. The second-order valence-electron chi connectivity index (χ2n) is 4.30. The first-order valence-electron chi connectivity index (χ1n) is 5.00. The van der Waals surface area contributed by atoms with Gasteiger partial charge in [0.05, 0.1) is 5.92 Å². The van der Waals surface area contributed by atoms with Gasteiger partial charge in [-0.3, -0.25) is 4.79 Å². The normalized spacial score (nSPS) is 40.8. The van der Waals surface area contributed by atoms with E-state index in [4.69, 9.17) is 5.11 Å².